The van der Waals surface area contributed by atoms with E-state index in [1.54, 1.807) is 24.3 Å². The average Bonchev–Trinajstić information content (AvgIpc) is 3.16. The second kappa shape index (κ2) is 38.9. The van der Waals surface area contributed by atoms with Crippen molar-refractivity contribution in [3.8, 4) is 0 Å². The van der Waals surface area contributed by atoms with E-state index in [0.29, 0.717) is 157 Å². The molecule has 1 aromatic rings. The predicted octanol–water partition coefficient (Wildman–Crippen LogP) is 0.243. The standard InChI is InChI=1S/C35H59NO17/c37-33(30-52-31-34(38)39)36-6-7-41-8-9-42-10-11-43-12-13-44-14-15-45-16-17-46-18-19-47-20-21-48-22-23-49-24-25-50-26-27-51-28-29-53-35(40)32-4-2-1-3-5-32/h1-5H,6-31H2,(H,36,37)(H,38,39). The highest BCUT2D eigenvalue weighted by Crippen LogP contribution is 2.00. The first kappa shape index (κ1) is 48.2. The maximum Gasteiger partial charge on any atom is 0.338 e. The number of carbonyl (C=O) groups excluding carboxylic acids is 2. The zero-order valence-electron chi connectivity index (χ0n) is 30.8. The van der Waals surface area contributed by atoms with Crippen molar-refractivity contribution in [2.45, 2.75) is 0 Å². The van der Waals surface area contributed by atoms with Gasteiger partial charge in [-0.2, -0.15) is 0 Å². The molecule has 0 aliphatic carbocycles. The summed E-state index contributed by atoms with van der Waals surface area (Å²) in [4.78, 5) is 33.5. The SMILES string of the molecule is O=C(O)COCC(=O)NCCOCCOCCOCCOCCOCCOCCOCCOCCOCCOCCOCCOC(=O)c1ccccc1. The molecule has 0 saturated heterocycles. The molecule has 0 aromatic heterocycles. The van der Waals surface area contributed by atoms with E-state index >= 15 is 0 Å². The molecule has 0 bridgehead atoms. The predicted molar refractivity (Wildman–Crippen MR) is 187 cm³/mol. The van der Waals surface area contributed by atoms with Crippen LogP contribution >= 0.6 is 0 Å². The third-order valence-electron chi connectivity index (χ3n) is 6.22. The van der Waals surface area contributed by atoms with Crippen LogP contribution in [0.1, 0.15) is 10.4 Å². The maximum atomic E-state index is 11.8. The van der Waals surface area contributed by atoms with Crippen LogP contribution < -0.4 is 5.32 Å². The number of aliphatic carboxylic acids is 1. The number of amides is 1. The maximum absolute atomic E-state index is 11.8. The highest BCUT2D eigenvalue weighted by molar-refractivity contribution is 5.89. The topological polar surface area (TPSA) is 203 Å². The molecule has 0 fully saturated rings. The lowest BCUT2D eigenvalue weighted by Crippen LogP contribution is -2.31. The number of esters is 1. The van der Waals surface area contributed by atoms with Crippen LogP contribution in [0.5, 0.6) is 0 Å². The van der Waals surface area contributed by atoms with Crippen LogP contribution in [0.25, 0.3) is 0 Å². The molecule has 1 amide bonds. The van der Waals surface area contributed by atoms with Gasteiger partial charge in [-0.3, -0.25) is 4.79 Å². The van der Waals surface area contributed by atoms with Gasteiger partial charge in [0.15, 0.2) is 0 Å². The largest absolute Gasteiger partial charge is 0.480 e. The molecule has 1 rings (SSSR count). The van der Waals surface area contributed by atoms with E-state index in [9.17, 15) is 14.4 Å². The minimum absolute atomic E-state index is 0.191. The van der Waals surface area contributed by atoms with Gasteiger partial charge in [0.1, 0.15) is 19.8 Å². The van der Waals surface area contributed by atoms with Gasteiger partial charge in [-0.25, -0.2) is 9.59 Å². The Morgan fingerprint density at radius 3 is 1.08 bits per heavy atom. The Hall–Kier alpha value is -2.85. The molecule has 18 nitrogen and oxygen atoms in total. The third kappa shape index (κ3) is 35.9. The van der Waals surface area contributed by atoms with Gasteiger partial charge in [-0.05, 0) is 12.1 Å². The number of benzene rings is 1. The summed E-state index contributed by atoms with van der Waals surface area (Å²) < 4.78 is 69.5. The quantitative estimate of drug-likeness (QED) is 0.0677. The Kier molecular flexibility index (Phi) is 35.3. The van der Waals surface area contributed by atoms with Crippen LogP contribution in [-0.4, -0.2) is 195 Å². The van der Waals surface area contributed by atoms with Gasteiger partial charge in [-0.15, -0.1) is 0 Å². The van der Waals surface area contributed by atoms with Crippen molar-refractivity contribution in [2.75, 3.05) is 172 Å². The van der Waals surface area contributed by atoms with Gasteiger partial charge < -0.3 is 72.0 Å². The lowest BCUT2D eigenvalue weighted by atomic mass is 10.2. The summed E-state index contributed by atoms with van der Waals surface area (Å²) in [5.41, 5.74) is 0.517. The van der Waals surface area contributed by atoms with E-state index in [1.807, 2.05) is 6.07 Å². The zero-order valence-corrected chi connectivity index (χ0v) is 30.8. The molecule has 0 radical (unpaired) electrons. The van der Waals surface area contributed by atoms with Crippen LogP contribution in [0, 0.1) is 0 Å². The van der Waals surface area contributed by atoms with Crippen LogP contribution in [0.15, 0.2) is 30.3 Å². The smallest absolute Gasteiger partial charge is 0.338 e. The van der Waals surface area contributed by atoms with Crippen molar-refractivity contribution < 1.29 is 81.1 Å². The van der Waals surface area contributed by atoms with Crippen LogP contribution in [0.3, 0.4) is 0 Å². The monoisotopic (exact) mass is 765 g/mol. The average molecular weight is 766 g/mol. The second-order valence-electron chi connectivity index (χ2n) is 10.5. The van der Waals surface area contributed by atoms with E-state index in [4.69, 9.17) is 61.9 Å². The summed E-state index contributed by atoms with van der Waals surface area (Å²) in [5.74, 6) is -1.89. The highest BCUT2D eigenvalue weighted by Gasteiger charge is 2.05. The number of carboxylic acids is 1. The summed E-state index contributed by atoms with van der Waals surface area (Å²) in [5, 5.41) is 11.0. The molecular weight excluding hydrogens is 706 g/mol. The molecule has 53 heavy (non-hydrogen) atoms. The summed E-state index contributed by atoms with van der Waals surface area (Å²) in [7, 11) is 0. The van der Waals surface area contributed by atoms with Crippen molar-refractivity contribution >= 4 is 17.8 Å². The number of carboxylic acid groups (broad SMARTS) is 1. The molecule has 306 valence electrons. The van der Waals surface area contributed by atoms with Crippen molar-refractivity contribution in [2.24, 2.45) is 0 Å². The zero-order chi connectivity index (χ0) is 38.1. The summed E-state index contributed by atoms with van der Waals surface area (Å²) >= 11 is 0. The Bertz CT molecular complexity index is 975. The molecule has 0 aliphatic rings. The van der Waals surface area contributed by atoms with E-state index in [2.05, 4.69) is 10.1 Å². The van der Waals surface area contributed by atoms with Crippen molar-refractivity contribution in [1.82, 2.24) is 5.32 Å². The van der Waals surface area contributed by atoms with Gasteiger partial charge in [0.05, 0.1) is 151 Å². The highest BCUT2D eigenvalue weighted by atomic mass is 16.6. The van der Waals surface area contributed by atoms with Gasteiger partial charge >= 0.3 is 11.9 Å². The molecule has 0 heterocycles. The minimum atomic E-state index is -1.13. The van der Waals surface area contributed by atoms with Gasteiger partial charge in [0.25, 0.3) is 0 Å². The van der Waals surface area contributed by atoms with E-state index in [-0.39, 0.29) is 19.2 Å². The molecule has 0 spiro atoms. The Labute approximate surface area is 311 Å². The van der Waals surface area contributed by atoms with Crippen molar-refractivity contribution in [1.29, 1.82) is 0 Å². The third-order valence-corrected chi connectivity index (χ3v) is 6.22. The molecular formula is C35H59NO17. The molecule has 0 saturated carbocycles. The van der Waals surface area contributed by atoms with Gasteiger partial charge in [-0.1, -0.05) is 18.2 Å². The van der Waals surface area contributed by atoms with Crippen LogP contribution in [0.2, 0.25) is 0 Å². The first-order chi connectivity index (χ1) is 26.1. The lowest BCUT2D eigenvalue weighted by molar-refractivity contribution is -0.143. The second-order valence-corrected chi connectivity index (χ2v) is 10.5. The van der Waals surface area contributed by atoms with Crippen LogP contribution in [-0.2, 0) is 71.2 Å². The summed E-state index contributed by atoms with van der Waals surface area (Å²) in [6, 6.07) is 8.82. The number of carbonyl (C=O) groups is 3. The van der Waals surface area contributed by atoms with E-state index in [1.165, 1.54) is 0 Å². The first-order valence-corrected chi connectivity index (χ1v) is 17.7. The summed E-state index contributed by atoms with van der Waals surface area (Å²) in [6.45, 7) is 9.26. The fraction of sp³-hybridized carbons (Fsp3) is 0.743. The molecule has 2 N–H and O–H groups in total. The lowest BCUT2D eigenvalue weighted by Gasteiger charge is -2.09. The molecule has 0 aliphatic heterocycles. The van der Waals surface area contributed by atoms with Gasteiger partial charge in [0, 0.05) is 6.54 Å². The number of ether oxygens (including phenoxy) is 13. The van der Waals surface area contributed by atoms with Crippen molar-refractivity contribution in [3.63, 3.8) is 0 Å². The Morgan fingerprint density at radius 2 is 0.736 bits per heavy atom. The number of hydrogen-bond donors (Lipinski definition) is 2. The normalized spacial score (nSPS) is 11.2. The summed E-state index contributed by atoms with van der Waals surface area (Å²) in [6.07, 6.45) is 0. The fourth-order valence-electron chi connectivity index (χ4n) is 3.70. The van der Waals surface area contributed by atoms with E-state index < -0.39 is 18.5 Å². The Balaban J connectivity index is 1.64. The number of nitrogens with one attached hydrogen (secondary N) is 1. The molecule has 0 atom stereocenters. The van der Waals surface area contributed by atoms with Crippen LogP contribution in [0.4, 0.5) is 0 Å². The molecule has 18 heteroatoms. The van der Waals surface area contributed by atoms with Gasteiger partial charge in [0.2, 0.25) is 5.91 Å². The minimum Gasteiger partial charge on any atom is -0.480 e. The number of rotatable bonds is 41. The first-order valence-electron chi connectivity index (χ1n) is 17.7. The number of hydrogen-bond acceptors (Lipinski definition) is 16. The Morgan fingerprint density at radius 1 is 0.415 bits per heavy atom. The fourth-order valence-corrected chi connectivity index (χ4v) is 3.70. The molecule has 1 aromatic carbocycles. The van der Waals surface area contributed by atoms with Crippen molar-refractivity contribution in [3.05, 3.63) is 35.9 Å². The van der Waals surface area contributed by atoms with E-state index in [0.717, 1.165) is 0 Å². The molecule has 0 unspecified atom stereocenters.